The predicted octanol–water partition coefficient (Wildman–Crippen LogP) is 6.70. The molecule has 0 saturated carbocycles. The lowest BCUT2D eigenvalue weighted by molar-refractivity contribution is 0.0126. The van der Waals surface area contributed by atoms with E-state index >= 15 is 0 Å². The van der Waals surface area contributed by atoms with Crippen LogP contribution in [0.1, 0.15) is 22.8 Å². The van der Waals surface area contributed by atoms with Crippen LogP contribution in [0, 0.1) is 29.8 Å². The number of hydrogen-bond acceptors (Lipinski definition) is 2. The van der Waals surface area contributed by atoms with Gasteiger partial charge < -0.3 is 4.74 Å². The number of thiophene rings is 1. The largest absolute Gasteiger partial charge is 0.438 e. The van der Waals surface area contributed by atoms with Crippen molar-refractivity contribution in [1.29, 1.82) is 0 Å². The van der Waals surface area contributed by atoms with Crippen molar-refractivity contribution in [2.24, 2.45) is 0 Å². The van der Waals surface area contributed by atoms with Crippen LogP contribution in [0.3, 0.4) is 0 Å². The summed E-state index contributed by atoms with van der Waals surface area (Å²) in [7, 11) is -0.229. The van der Waals surface area contributed by atoms with E-state index in [1.807, 2.05) is 30.3 Å². The molecule has 0 aliphatic carbocycles. The Hall–Kier alpha value is -3.56. The Kier molecular flexibility index (Phi) is 5.30. The minimum Gasteiger partial charge on any atom is -0.438 e. The van der Waals surface area contributed by atoms with Gasteiger partial charge in [-0.15, -0.1) is 6.42 Å². The monoisotopic (exact) mass is 437 g/mol. The highest BCUT2D eigenvalue weighted by Crippen LogP contribution is 2.39. The molecule has 31 heavy (non-hydrogen) atoms. The van der Waals surface area contributed by atoms with Gasteiger partial charge in [0.25, 0.3) is 0 Å². The number of esters is 1. The topological polar surface area (TPSA) is 26.3 Å². The Morgan fingerprint density at radius 3 is 2.29 bits per heavy atom. The molecule has 6 heteroatoms. The van der Waals surface area contributed by atoms with Gasteiger partial charge in [0.2, 0.25) is 0 Å². The fourth-order valence-electron chi connectivity index (χ4n) is 3.22. The van der Waals surface area contributed by atoms with E-state index < -0.39 is 29.0 Å². The average molecular weight is 437 g/mol. The molecule has 2 atom stereocenters. The van der Waals surface area contributed by atoms with Crippen molar-refractivity contribution in [2.75, 3.05) is 0 Å². The van der Waals surface area contributed by atoms with Gasteiger partial charge in [-0.1, -0.05) is 18.1 Å². The Morgan fingerprint density at radius 2 is 1.65 bits per heavy atom. The molecule has 2 unspecified atom stereocenters. The van der Waals surface area contributed by atoms with Crippen LogP contribution in [0.4, 0.5) is 13.2 Å². The summed E-state index contributed by atoms with van der Waals surface area (Å²) < 4.78 is 47.1. The van der Waals surface area contributed by atoms with Gasteiger partial charge >= 0.3 is 5.97 Å². The van der Waals surface area contributed by atoms with Crippen molar-refractivity contribution >= 4 is 26.5 Å². The second-order valence-corrected chi connectivity index (χ2v) is 8.88. The molecule has 3 aromatic carbocycles. The normalized spacial score (nSPS) is 13.5. The number of benzene rings is 3. The first-order chi connectivity index (χ1) is 14.8. The lowest BCUT2D eigenvalue weighted by Crippen LogP contribution is -2.28. The summed E-state index contributed by atoms with van der Waals surface area (Å²) in [6.07, 6.45) is 5.48. The molecule has 1 heterocycles. The lowest BCUT2D eigenvalue weighted by Gasteiger charge is -2.24. The highest BCUT2D eigenvalue weighted by molar-refractivity contribution is 7.43. The Labute approximate surface area is 179 Å². The Bertz CT molecular complexity index is 1310. The van der Waals surface area contributed by atoms with Crippen molar-refractivity contribution in [3.8, 4) is 17.2 Å². The molecule has 2 nitrogen and oxygen atoms in total. The van der Waals surface area contributed by atoms with E-state index in [1.54, 1.807) is 12.1 Å². The number of halogens is 3. The quantitative estimate of drug-likeness (QED) is 0.154. The summed E-state index contributed by atoms with van der Waals surface area (Å²) in [6, 6.07) is 18.5. The zero-order valence-corrected chi connectivity index (χ0v) is 17.2. The van der Waals surface area contributed by atoms with Gasteiger partial charge in [0, 0.05) is 27.5 Å². The summed E-state index contributed by atoms with van der Waals surface area (Å²) in [5.41, 5.74) is -1.72. The SMILES string of the molecule is C#CC(C)(OC(=O)c1ccc(-[s+]2ccc3ccccc32)cc1)c1cc(F)c(F)c(F)c1. The summed E-state index contributed by atoms with van der Waals surface area (Å²) in [6.45, 7) is 1.31. The molecule has 0 bridgehead atoms. The zero-order chi connectivity index (χ0) is 22.2. The Balaban J connectivity index is 1.60. The first-order valence-electron chi connectivity index (χ1n) is 9.29. The molecule has 0 saturated heterocycles. The smallest absolute Gasteiger partial charge is 0.339 e. The van der Waals surface area contributed by atoms with Crippen molar-refractivity contribution in [1.82, 2.24) is 0 Å². The van der Waals surface area contributed by atoms with Crippen molar-refractivity contribution in [2.45, 2.75) is 12.5 Å². The Morgan fingerprint density at radius 1 is 1.00 bits per heavy atom. The molecule has 0 amide bonds. The van der Waals surface area contributed by atoms with Crippen LogP contribution in [-0.2, 0) is 10.3 Å². The molecular formula is C25H16F3O2S+. The maximum Gasteiger partial charge on any atom is 0.339 e. The fraction of sp³-hybridized carbons (Fsp3) is 0.0800. The highest BCUT2D eigenvalue weighted by Gasteiger charge is 2.32. The second-order valence-electron chi connectivity index (χ2n) is 7.02. The third-order valence-electron chi connectivity index (χ3n) is 4.99. The molecule has 0 N–H and O–H groups in total. The minimum absolute atomic E-state index is 0.175. The van der Waals surface area contributed by atoms with Crippen LogP contribution in [-0.4, -0.2) is 5.97 Å². The number of terminal acetylenes is 1. The van der Waals surface area contributed by atoms with Gasteiger partial charge in [0.05, 0.1) is 5.56 Å². The number of carbonyl (C=O) groups is 1. The van der Waals surface area contributed by atoms with Gasteiger partial charge in [-0.25, -0.2) is 18.0 Å². The van der Waals surface area contributed by atoms with Gasteiger partial charge in [-0.3, -0.25) is 0 Å². The molecular weight excluding hydrogens is 421 g/mol. The van der Waals surface area contributed by atoms with Gasteiger partial charge in [-0.05, 0) is 55.5 Å². The van der Waals surface area contributed by atoms with Crippen LogP contribution in [0.25, 0.3) is 15.0 Å². The average Bonchev–Trinajstić information content (AvgIpc) is 3.21. The maximum atomic E-state index is 13.6. The molecule has 4 rings (SSSR count). The molecule has 0 aliphatic rings. The van der Waals surface area contributed by atoms with Gasteiger partial charge in [0.1, 0.15) is 5.38 Å². The van der Waals surface area contributed by atoms with Crippen LogP contribution >= 0.6 is 10.5 Å². The van der Waals surface area contributed by atoms with Crippen LogP contribution in [0.5, 0.6) is 0 Å². The van der Waals surface area contributed by atoms with E-state index in [-0.39, 0.29) is 21.6 Å². The number of hydrogen-bond donors (Lipinski definition) is 0. The third kappa shape index (κ3) is 3.80. The van der Waals surface area contributed by atoms with Gasteiger partial charge in [0.15, 0.2) is 32.6 Å². The highest BCUT2D eigenvalue weighted by atomic mass is 32.2. The fourth-order valence-corrected chi connectivity index (χ4v) is 5.11. The number of fused-ring (bicyclic) bond motifs is 1. The van der Waals surface area contributed by atoms with Crippen LogP contribution < -0.4 is 0 Å². The van der Waals surface area contributed by atoms with E-state index in [0.29, 0.717) is 0 Å². The number of rotatable bonds is 4. The van der Waals surface area contributed by atoms with E-state index in [1.165, 1.54) is 11.6 Å². The molecule has 1 aromatic heterocycles. The van der Waals surface area contributed by atoms with Crippen LogP contribution in [0.2, 0.25) is 0 Å². The van der Waals surface area contributed by atoms with E-state index in [4.69, 9.17) is 11.2 Å². The van der Waals surface area contributed by atoms with Crippen molar-refractivity contribution in [3.63, 3.8) is 0 Å². The third-order valence-corrected chi connectivity index (χ3v) is 7.02. The first kappa shape index (κ1) is 20.7. The van der Waals surface area contributed by atoms with Gasteiger partial charge in [-0.2, -0.15) is 0 Å². The van der Waals surface area contributed by atoms with Crippen LogP contribution in [0.15, 0.2) is 72.1 Å². The lowest BCUT2D eigenvalue weighted by atomic mass is 9.96. The molecule has 154 valence electrons. The minimum atomic E-state index is -1.78. The number of carbonyl (C=O) groups excluding carboxylic acids is 1. The van der Waals surface area contributed by atoms with E-state index in [2.05, 4.69) is 23.4 Å². The molecule has 0 aliphatic heterocycles. The summed E-state index contributed by atoms with van der Waals surface area (Å²) in [4.78, 5) is 13.7. The maximum absolute atomic E-state index is 13.6. The van der Waals surface area contributed by atoms with Crippen molar-refractivity contribution in [3.05, 3.63) is 101 Å². The standard InChI is InChI=1S/C25H16F3O2S/c1-3-25(2,18-14-20(26)23(28)21(27)15-18)30-24(29)17-8-10-19(11-9-17)31-13-12-16-6-4-5-7-22(16)31/h1,4-15H,2H3/q+1. The summed E-state index contributed by atoms with van der Waals surface area (Å²) in [5.74, 6) is -2.98. The van der Waals surface area contributed by atoms with E-state index in [9.17, 15) is 18.0 Å². The summed E-state index contributed by atoms with van der Waals surface area (Å²) >= 11 is 0. The predicted molar refractivity (Wildman–Crippen MR) is 116 cm³/mol. The molecule has 0 fully saturated rings. The van der Waals surface area contributed by atoms with E-state index in [0.717, 1.165) is 22.4 Å². The second kappa shape index (κ2) is 7.93. The molecule has 0 radical (unpaired) electrons. The molecule has 4 aromatic rings. The number of ether oxygens (including phenoxy) is 1. The zero-order valence-electron chi connectivity index (χ0n) is 16.4. The molecule has 0 spiro atoms. The first-order valence-corrected chi connectivity index (χ1v) is 10.6. The van der Waals surface area contributed by atoms with Crippen molar-refractivity contribution < 1.29 is 22.7 Å². The summed E-state index contributed by atoms with van der Waals surface area (Å²) in [5, 5.41) is 3.28.